The average molecular weight is 337 g/mol. The second kappa shape index (κ2) is 7.60. The largest absolute Gasteiger partial charge is 0.508 e. The lowest BCUT2D eigenvalue weighted by Crippen LogP contribution is -2.36. The molecule has 0 radical (unpaired) electrons. The van der Waals surface area contributed by atoms with Crippen LogP contribution in [0.1, 0.15) is 72.8 Å². The number of aryl methyl sites for hydroxylation is 1. The maximum atomic E-state index is 10.7. The van der Waals surface area contributed by atoms with Crippen molar-refractivity contribution in [2.24, 2.45) is 11.8 Å². The number of unbranched alkanes of at least 4 members (excludes halogenated alkanes) is 2. The van der Waals surface area contributed by atoms with Crippen molar-refractivity contribution in [3.8, 4) is 11.5 Å². The number of benzene rings is 1. The zero-order valence-electron chi connectivity index (χ0n) is 15.3. The molecule has 2 aliphatic rings. The zero-order chi connectivity index (χ0) is 16.6. The monoisotopic (exact) mass is 336 g/mol. The number of aromatic hydroxyl groups is 1. The number of fused-ring (bicyclic) bond motifs is 3. The number of hydrogen-bond donors (Lipinski definition) is 1. The van der Waals surface area contributed by atoms with Crippen molar-refractivity contribution in [3.63, 3.8) is 0 Å². The molecular formula is C21H36O3. The van der Waals surface area contributed by atoms with E-state index in [9.17, 15) is 5.11 Å². The Balaban J connectivity index is 0.00000208. The van der Waals surface area contributed by atoms with Gasteiger partial charge in [-0.2, -0.15) is 0 Å². The molecule has 1 aliphatic heterocycles. The fourth-order valence-electron chi connectivity index (χ4n) is 4.45. The lowest BCUT2D eigenvalue weighted by molar-refractivity contribution is 0.0864. The van der Waals surface area contributed by atoms with Crippen LogP contribution in [0.2, 0.25) is 0 Å². The third kappa shape index (κ3) is 3.32. The van der Waals surface area contributed by atoms with Gasteiger partial charge in [0.2, 0.25) is 0 Å². The van der Waals surface area contributed by atoms with Crippen molar-refractivity contribution in [1.82, 2.24) is 0 Å². The predicted molar refractivity (Wildman–Crippen MR) is 103 cm³/mol. The van der Waals surface area contributed by atoms with Crippen LogP contribution in [0, 0.1) is 11.8 Å². The lowest BCUT2D eigenvalue weighted by atomic mass is 9.68. The third-order valence-electron chi connectivity index (χ3n) is 5.76. The van der Waals surface area contributed by atoms with Gasteiger partial charge in [0.1, 0.15) is 17.6 Å². The molecule has 3 heteroatoms. The normalized spacial score (nSPS) is 27.6. The lowest BCUT2D eigenvalue weighted by Gasteiger charge is -2.37. The van der Waals surface area contributed by atoms with Crippen LogP contribution >= 0.6 is 0 Å². The Morgan fingerprint density at radius 3 is 2.75 bits per heavy atom. The molecule has 138 valence electrons. The Labute approximate surface area is 149 Å². The van der Waals surface area contributed by atoms with E-state index in [-0.39, 0.29) is 20.4 Å². The number of phenolic OH excluding ortho intramolecular Hbond substituents is 1. The highest BCUT2D eigenvalue weighted by atomic mass is 16.5. The minimum absolute atomic E-state index is 0. The van der Waals surface area contributed by atoms with Crippen molar-refractivity contribution < 1.29 is 18.2 Å². The van der Waals surface area contributed by atoms with Gasteiger partial charge in [0, 0.05) is 14.3 Å². The predicted octanol–water partition coefficient (Wildman–Crippen LogP) is 5.26. The van der Waals surface area contributed by atoms with Crippen LogP contribution in [-0.4, -0.2) is 16.7 Å². The van der Waals surface area contributed by atoms with Gasteiger partial charge in [-0.05, 0) is 62.1 Å². The van der Waals surface area contributed by atoms with Gasteiger partial charge in [-0.25, -0.2) is 0 Å². The first-order valence-corrected chi connectivity index (χ1v) is 9.20. The Morgan fingerprint density at radius 1 is 1.33 bits per heavy atom. The summed E-state index contributed by atoms with van der Waals surface area (Å²) in [4.78, 5) is 0. The summed E-state index contributed by atoms with van der Waals surface area (Å²) in [6.45, 7) is 10.8. The molecule has 1 saturated carbocycles. The number of ether oxygens (including phenoxy) is 1. The van der Waals surface area contributed by atoms with E-state index >= 15 is 0 Å². The fourth-order valence-corrected chi connectivity index (χ4v) is 4.45. The van der Waals surface area contributed by atoms with Crippen LogP contribution in [0.15, 0.2) is 24.3 Å². The van der Waals surface area contributed by atoms with E-state index in [1.54, 1.807) is 0 Å². The Morgan fingerprint density at radius 2 is 2.08 bits per heavy atom. The molecule has 1 heterocycles. The molecule has 0 aromatic heterocycles. The quantitative estimate of drug-likeness (QED) is 0.589. The summed E-state index contributed by atoms with van der Waals surface area (Å²) in [5, 5.41) is 10.7. The second-order valence-electron chi connectivity index (χ2n) is 7.60. The molecular weight excluding hydrogens is 300 g/mol. The summed E-state index contributed by atoms with van der Waals surface area (Å²) < 4.78 is 6.33. The molecule has 1 aliphatic carbocycles. The van der Waals surface area contributed by atoms with E-state index in [0.717, 1.165) is 24.2 Å². The second-order valence-corrected chi connectivity index (χ2v) is 7.60. The van der Waals surface area contributed by atoms with Crippen LogP contribution in [0.25, 0.3) is 0 Å². The summed E-state index contributed by atoms with van der Waals surface area (Å²) in [5.41, 5.74) is 3.46. The van der Waals surface area contributed by atoms with Gasteiger partial charge < -0.3 is 15.3 Å². The highest BCUT2D eigenvalue weighted by Crippen LogP contribution is 2.55. The number of phenols is 1. The van der Waals surface area contributed by atoms with Gasteiger partial charge >= 0.3 is 0 Å². The molecule has 3 N–H and O–H groups in total. The highest BCUT2D eigenvalue weighted by Gasteiger charge is 2.47. The minimum Gasteiger partial charge on any atom is -0.508 e. The van der Waals surface area contributed by atoms with Crippen molar-refractivity contribution in [3.05, 3.63) is 35.4 Å². The maximum absolute atomic E-state index is 10.7. The van der Waals surface area contributed by atoms with Crippen molar-refractivity contribution in [1.29, 1.82) is 0 Å². The topological polar surface area (TPSA) is 61.0 Å². The number of rotatable bonds is 5. The maximum Gasteiger partial charge on any atom is 0.127 e. The van der Waals surface area contributed by atoms with Gasteiger partial charge in [-0.1, -0.05) is 38.8 Å². The highest BCUT2D eigenvalue weighted by molar-refractivity contribution is 5.54. The third-order valence-corrected chi connectivity index (χ3v) is 5.76. The first-order valence-electron chi connectivity index (χ1n) is 9.20. The standard InChI is InChI=1S/C21H30O2.H2O.2H2/c1-5-6-7-8-15-11-17(22)20-18(12-15)23-21-14(4)9-10-16(13(2)3)19(20)21;;;/h11-12,14,16,19,21-22H,2,5-10H2,1,3-4H3;1H2;2*1H/t14-,16+,19?,21?;;;/m1.../s1. The van der Waals surface area contributed by atoms with Gasteiger partial charge in [-0.3, -0.25) is 0 Å². The van der Waals surface area contributed by atoms with E-state index in [4.69, 9.17) is 4.74 Å². The molecule has 3 rings (SSSR count). The summed E-state index contributed by atoms with van der Waals surface area (Å²) in [6.07, 6.45) is 7.17. The summed E-state index contributed by atoms with van der Waals surface area (Å²) in [5.74, 6) is 2.59. The van der Waals surface area contributed by atoms with Gasteiger partial charge in [-0.15, -0.1) is 0 Å². The van der Waals surface area contributed by atoms with Crippen LogP contribution in [0.5, 0.6) is 11.5 Å². The first-order chi connectivity index (χ1) is 11.0. The average Bonchev–Trinajstić information content (AvgIpc) is 2.88. The number of allylic oxidation sites excluding steroid dienone is 1. The molecule has 1 aromatic carbocycles. The van der Waals surface area contributed by atoms with Gasteiger partial charge in [0.15, 0.2) is 0 Å². The summed E-state index contributed by atoms with van der Waals surface area (Å²) in [6, 6.07) is 4.14. The van der Waals surface area contributed by atoms with Crippen molar-refractivity contribution in [2.45, 2.75) is 71.3 Å². The molecule has 24 heavy (non-hydrogen) atoms. The smallest absolute Gasteiger partial charge is 0.127 e. The van der Waals surface area contributed by atoms with E-state index in [1.165, 1.54) is 36.8 Å². The molecule has 3 nitrogen and oxygen atoms in total. The SMILES string of the molecule is C=C(C)[C@@H]1CC[C@@H](C)C2Oc3cc(CCCCC)cc(O)c3C21.O.[HH].[HH]. The molecule has 0 bridgehead atoms. The number of hydrogen-bond acceptors (Lipinski definition) is 2. The fraction of sp³-hybridized carbons (Fsp3) is 0.619. The van der Waals surface area contributed by atoms with E-state index in [1.807, 2.05) is 6.07 Å². The van der Waals surface area contributed by atoms with Crippen LogP contribution in [0.3, 0.4) is 0 Å². The molecule has 1 aromatic rings. The molecule has 0 amide bonds. The summed E-state index contributed by atoms with van der Waals surface area (Å²) >= 11 is 0. The minimum atomic E-state index is 0. The van der Waals surface area contributed by atoms with Crippen molar-refractivity contribution in [2.75, 3.05) is 0 Å². The van der Waals surface area contributed by atoms with E-state index < -0.39 is 0 Å². The molecule has 0 saturated heterocycles. The van der Waals surface area contributed by atoms with Crippen molar-refractivity contribution >= 4 is 0 Å². The molecule has 4 atom stereocenters. The van der Waals surface area contributed by atoms with E-state index in [0.29, 0.717) is 17.6 Å². The summed E-state index contributed by atoms with van der Waals surface area (Å²) in [7, 11) is 0. The zero-order valence-corrected chi connectivity index (χ0v) is 15.3. The molecule has 2 unspecified atom stereocenters. The van der Waals surface area contributed by atoms with Crippen LogP contribution in [-0.2, 0) is 6.42 Å². The Kier molecular flexibility index (Phi) is 5.97. The first kappa shape index (κ1) is 18.9. The Bertz CT molecular complexity index is 603. The van der Waals surface area contributed by atoms with Crippen LogP contribution in [0.4, 0.5) is 0 Å². The molecule has 1 fully saturated rings. The van der Waals surface area contributed by atoms with Crippen LogP contribution < -0.4 is 4.74 Å². The van der Waals surface area contributed by atoms with Gasteiger partial charge in [0.05, 0.1) is 0 Å². The Hall–Kier alpha value is -1.48. The molecule has 0 spiro atoms. The van der Waals surface area contributed by atoms with Gasteiger partial charge in [0.25, 0.3) is 0 Å². The van der Waals surface area contributed by atoms with E-state index in [2.05, 4.69) is 33.4 Å².